The van der Waals surface area contributed by atoms with E-state index in [0.717, 1.165) is 37.3 Å². The predicted molar refractivity (Wildman–Crippen MR) is 97.4 cm³/mol. The lowest BCUT2D eigenvalue weighted by Crippen LogP contribution is -2.41. The summed E-state index contributed by atoms with van der Waals surface area (Å²) < 4.78 is 0. The van der Waals surface area contributed by atoms with Gasteiger partial charge >= 0.3 is 0 Å². The first-order chi connectivity index (χ1) is 12.0. The van der Waals surface area contributed by atoms with Gasteiger partial charge < -0.3 is 10.2 Å². The van der Waals surface area contributed by atoms with Gasteiger partial charge in [0, 0.05) is 24.7 Å². The van der Waals surface area contributed by atoms with Gasteiger partial charge in [-0.15, -0.1) is 0 Å². The molecule has 0 unspecified atom stereocenters. The normalized spacial score (nSPS) is 17.6. The highest BCUT2D eigenvalue weighted by molar-refractivity contribution is 5.78. The van der Waals surface area contributed by atoms with Gasteiger partial charge in [-0.25, -0.2) is 15.0 Å². The Labute approximate surface area is 148 Å². The monoisotopic (exact) mass is 339 g/mol. The van der Waals surface area contributed by atoms with Gasteiger partial charge in [0.25, 0.3) is 0 Å². The molecule has 1 fully saturated rings. The Morgan fingerprint density at radius 3 is 2.80 bits per heavy atom. The number of nitrogens with zero attached hydrogens (tertiary/aromatic N) is 4. The van der Waals surface area contributed by atoms with E-state index in [-0.39, 0.29) is 17.9 Å². The van der Waals surface area contributed by atoms with Gasteiger partial charge in [0.05, 0.1) is 11.7 Å². The lowest BCUT2D eigenvalue weighted by molar-refractivity contribution is -0.138. The Morgan fingerprint density at radius 2 is 2.08 bits per heavy atom. The molecule has 0 aromatic carbocycles. The molecule has 1 amide bonds. The van der Waals surface area contributed by atoms with Crippen molar-refractivity contribution in [3.8, 4) is 0 Å². The van der Waals surface area contributed by atoms with Crippen molar-refractivity contribution in [3.63, 3.8) is 0 Å². The number of anilines is 2. The van der Waals surface area contributed by atoms with E-state index in [1.165, 1.54) is 0 Å². The number of rotatable bonds is 4. The van der Waals surface area contributed by atoms with Gasteiger partial charge in [-0.3, -0.25) is 4.79 Å². The molecule has 25 heavy (non-hydrogen) atoms. The molecular weight excluding hydrogens is 314 g/mol. The number of aromatic nitrogens is 3. The molecule has 3 rings (SSSR count). The van der Waals surface area contributed by atoms with Crippen molar-refractivity contribution in [2.24, 2.45) is 5.92 Å². The molecule has 1 aliphatic heterocycles. The number of hydrogen-bond acceptors (Lipinski definition) is 5. The van der Waals surface area contributed by atoms with Crippen LogP contribution in [-0.4, -0.2) is 32.3 Å². The maximum absolute atomic E-state index is 12.6. The number of pyridine rings is 1. The van der Waals surface area contributed by atoms with E-state index in [9.17, 15) is 4.79 Å². The summed E-state index contributed by atoms with van der Waals surface area (Å²) in [5.74, 6) is 2.34. The van der Waals surface area contributed by atoms with Crippen molar-refractivity contribution < 1.29 is 4.79 Å². The summed E-state index contributed by atoms with van der Waals surface area (Å²) in [7, 11) is 0. The number of nitrogens with one attached hydrogen (secondary N) is 1. The van der Waals surface area contributed by atoms with Crippen LogP contribution in [0.3, 0.4) is 0 Å². The molecule has 0 radical (unpaired) electrons. The Bertz CT molecular complexity index is 732. The van der Waals surface area contributed by atoms with Crippen LogP contribution in [-0.2, 0) is 4.79 Å². The Morgan fingerprint density at radius 1 is 1.24 bits per heavy atom. The van der Waals surface area contributed by atoms with Crippen LogP contribution < -0.4 is 5.32 Å². The first-order valence-electron chi connectivity index (χ1n) is 8.88. The maximum atomic E-state index is 12.6. The average molecular weight is 339 g/mol. The molecule has 1 saturated heterocycles. The smallest absolute Gasteiger partial charge is 0.225 e. The van der Waals surface area contributed by atoms with Crippen LogP contribution in [0.1, 0.15) is 50.7 Å². The fraction of sp³-hybridized carbons (Fsp3) is 0.474. The highest BCUT2D eigenvalue weighted by atomic mass is 16.2. The van der Waals surface area contributed by atoms with Crippen molar-refractivity contribution in [1.82, 2.24) is 19.9 Å². The second-order valence-electron chi connectivity index (χ2n) is 6.76. The van der Waals surface area contributed by atoms with E-state index in [0.29, 0.717) is 11.6 Å². The van der Waals surface area contributed by atoms with Gasteiger partial charge in [-0.2, -0.15) is 0 Å². The van der Waals surface area contributed by atoms with Crippen LogP contribution in [0, 0.1) is 12.8 Å². The van der Waals surface area contributed by atoms with E-state index in [2.05, 4.69) is 20.3 Å². The standard InChI is InChI=1S/C19H25N5O/c1-13(2)19(25)24-11-7-5-8-16(24)15-12-18(22-14(3)21-15)23-17-9-4-6-10-20-17/h4,6,9-10,12-13,16H,5,7-8,11H2,1-3H3,(H,20,21,22,23)/t16-/m1/s1. The molecule has 0 bridgehead atoms. The molecule has 0 saturated carbocycles. The highest BCUT2D eigenvalue weighted by Gasteiger charge is 2.30. The Kier molecular flexibility index (Phi) is 5.26. The largest absolute Gasteiger partial charge is 0.334 e. The van der Waals surface area contributed by atoms with E-state index >= 15 is 0 Å². The third-order valence-electron chi connectivity index (χ3n) is 4.40. The number of aryl methyl sites for hydroxylation is 1. The van der Waals surface area contributed by atoms with Crippen molar-refractivity contribution >= 4 is 17.5 Å². The number of amides is 1. The number of carbonyl (C=O) groups is 1. The zero-order valence-corrected chi connectivity index (χ0v) is 15.1. The predicted octanol–water partition coefficient (Wildman–Crippen LogP) is 3.63. The van der Waals surface area contributed by atoms with Crippen LogP contribution in [0.2, 0.25) is 0 Å². The Hall–Kier alpha value is -2.50. The van der Waals surface area contributed by atoms with Crippen LogP contribution in [0.5, 0.6) is 0 Å². The summed E-state index contributed by atoms with van der Waals surface area (Å²) in [6.45, 7) is 6.58. The SMILES string of the molecule is Cc1nc(Nc2ccccn2)cc([C@H]2CCCCN2C(=O)C(C)C)n1. The summed E-state index contributed by atoms with van der Waals surface area (Å²) in [4.78, 5) is 28.0. The first kappa shape index (κ1) is 17.3. The molecule has 6 nitrogen and oxygen atoms in total. The zero-order chi connectivity index (χ0) is 17.8. The van der Waals surface area contributed by atoms with Gasteiger partial charge in [-0.05, 0) is 38.3 Å². The molecule has 1 N–H and O–H groups in total. The fourth-order valence-corrected chi connectivity index (χ4v) is 3.23. The van der Waals surface area contributed by atoms with Crippen molar-refractivity contribution in [2.45, 2.75) is 46.1 Å². The molecule has 2 aromatic rings. The second-order valence-corrected chi connectivity index (χ2v) is 6.76. The van der Waals surface area contributed by atoms with E-state index in [1.807, 2.05) is 49.9 Å². The fourth-order valence-electron chi connectivity index (χ4n) is 3.23. The number of carbonyl (C=O) groups excluding carboxylic acids is 1. The second kappa shape index (κ2) is 7.59. The average Bonchev–Trinajstić information content (AvgIpc) is 2.61. The van der Waals surface area contributed by atoms with Gasteiger partial charge in [0.1, 0.15) is 17.5 Å². The minimum absolute atomic E-state index is 0.00496. The summed E-state index contributed by atoms with van der Waals surface area (Å²) in [5, 5.41) is 3.23. The third-order valence-corrected chi connectivity index (χ3v) is 4.40. The molecule has 3 heterocycles. The van der Waals surface area contributed by atoms with Crippen molar-refractivity contribution in [2.75, 3.05) is 11.9 Å². The van der Waals surface area contributed by atoms with E-state index < -0.39 is 0 Å². The number of likely N-dealkylation sites (tertiary alicyclic amines) is 1. The van der Waals surface area contributed by atoms with Gasteiger partial charge in [0.15, 0.2) is 0 Å². The quantitative estimate of drug-likeness (QED) is 0.921. The number of piperidine rings is 1. The molecule has 6 heteroatoms. The minimum atomic E-state index is -0.00496. The molecular formula is C19H25N5O. The molecule has 0 spiro atoms. The number of hydrogen-bond donors (Lipinski definition) is 1. The van der Waals surface area contributed by atoms with Gasteiger partial charge in [-0.1, -0.05) is 19.9 Å². The van der Waals surface area contributed by atoms with E-state index in [4.69, 9.17) is 0 Å². The lowest BCUT2D eigenvalue weighted by atomic mass is 9.97. The van der Waals surface area contributed by atoms with Crippen LogP contribution in [0.15, 0.2) is 30.5 Å². The van der Waals surface area contributed by atoms with Crippen molar-refractivity contribution in [1.29, 1.82) is 0 Å². The topological polar surface area (TPSA) is 71.0 Å². The van der Waals surface area contributed by atoms with Crippen LogP contribution in [0.25, 0.3) is 0 Å². The molecule has 1 atom stereocenters. The van der Waals surface area contributed by atoms with Crippen molar-refractivity contribution in [3.05, 3.63) is 42.0 Å². The minimum Gasteiger partial charge on any atom is -0.334 e. The molecule has 132 valence electrons. The van der Waals surface area contributed by atoms with Crippen LogP contribution >= 0.6 is 0 Å². The summed E-state index contributed by atoms with van der Waals surface area (Å²) >= 11 is 0. The molecule has 0 aliphatic carbocycles. The molecule has 1 aliphatic rings. The van der Waals surface area contributed by atoms with Gasteiger partial charge in [0.2, 0.25) is 5.91 Å². The summed E-state index contributed by atoms with van der Waals surface area (Å²) in [5.41, 5.74) is 0.902. The first-order valence-corrected chi connectivity index (χ1v) is 8.88. The maximum Gasteiger partial charge on any atom is 0.225 e. The summed E-state index contributed by atoms with van der Waals surface area (Å²) in [6.07, 6.45) is 4.84. The lowest BCUT2D eigenvalue weighted by Gasteiger charge is -2.36. The van der Waals surface area contributed by atoms with E-state index in [1.54, 1.807) is 6.20 Å². The zero-order valence-electron chi connectivity index (χ0n) is 15.1. The highest BCUT2D eigenvalue weighted by Crippen LogP contribution is 2.32. The third kappa shape index (κ3) is 4.13. The Balaban J connectivity index is 1.88. The summed E-state index contributed by atoms with van der Waals surface area (Å²) in [6, 6.07) is 7.66. The molecule has 2 aromatic heterocycles. The van der Waals surface area contributed by atoms with Crippen LogP contribution in [0.4, 0.5) is 11.6 Å².